The molecular weight excluding hydrogens is 442 g/mol. The maximum Gasteiger partial charge on any atom is 0.297 e. The Labute approximate surface area is 172 Å². The van der Waals surface area contributed by atoms with Gasteiger partial charge in [0.25, 0.3) is 21.5 Å². The molecule has 14 heteroatoms. The molecule has 0 aliphatic rings. The van der Waals surface area contributed by atoms with Gasteiger partial charge in [-0.25, -0.2) is 13.1 Å². The van der Waals surface area contributed by atoms with Crippen molar-refractivity contribution >= 4 is 31.5 Å². The monoisotopic (exact) mass is 459 g/mol. The van der Waals surface area contributed by atoms with Crippen molar-refractivity contribution in [3.8, 4) is 0 Å². The molecular formula is C16H17N3O9S2. The van der Waals surface area contributed by atoms with Gasteiger partial charge >= 0.3 is 0 Å². The number of nitrogens with one attached hydrogen (secondary N) is 1. The van der Waals surface area contributed by atoms with E-state index in [9.17, 15) is 37.1 Å². The van der Waals surface area contributed by atoms with Crippen molar-refractivity contribution < 1.29 is 30.9 Å². The van der Waals surface area contributed by atoms with Crippen molar-refractivity contribution in [2.45, 2.75) is 29.2 Å². The number of hydrogen-bond donors (Lipinski definition) is 1. The zero-order valence-corrected chi connectivity index (χ0v) is 17.3. The summed E-state index contributed by atoms with van der Waals surface area (Å²) in [5, 5.41) is 21.3. The second kappa shape index (κ2) is 8.43. The molecule has 2 rings (SSSR count). The molecule has 0 atom stereocenters. The predicted molar refractivity (Wildman–Crippen MR) is 104 cm³/mol. The summed E-state index contributed by atoms with van der Waals surface area (Å²) < 4.78 is 56.6. The molecule has 0 saturated heterocycles. The first-order valence-electron chi connectivity index (χ1n) is 8.16. The van der Waals surface area contributed by atoms with Gasteiger partial charge in [-0.05, 0) is 38.1 Å². The van der Waals surface area contributed by atoms with Crippen molar-refractivity contribution in [3.05, 3.63) is 68.8 Å². The highest BCUT2D eigenvalue weighted by atomic mass is 32.2. The second-order valence-corrected chi connectivity index (χ2v) is 10.0. The lowest BCUT2D eigenvalue weighted by molar-refractivity contribution is -0.385. The fraction of sp³-hybridized carbons (Fsp3) is 0.250. The molecule has 30 heavy (non-hydrogen) atoms. The zero-order chi connectivity index (χ0) is 22.7. The molecule has 2 aromatic rings. The van der Waals surface area contributed by atoms with Crippen molar-refractivity contribution in [3.63, 3.8) is 0 Å². The smallest absolute Gasteiger partial charge is 0.264 e. The highest BCUT2D eigenvalue weighted by Crippen LogP contribution is 2.21. The first-order valence-corrected chi connectivity index (χ1v) is 11.0. The van der Waals surface area contributed by atoms with Crippen molar-refractivity contribution in [2.75, 3.05) is 6.61 Å². The third kappa shape index (κ3) is 5.79. The molecule has 0 aromatic heterocycles. The molecule has 0 saturated carbocycles. The van der Waals surface area contributed by atoms with Crippen LogP contribution in [-0.2, 0) is 24.3 Å². The summed E-state index contributed by atoms with van der Waals surface area (Å²) in [6, 6.07) is 8.14. The molecule has 0 radical (unpaired) electrons. The van der Waals surface area contributed by atoms with Crippen LogP contribution in [0.2, 0.25) is 0 Å². The van der Waals surface area contributed by atoms with E-state index in [-0.39, 0.29) is 21.2 Å². The molecule has 0 unspecified atom stereocenters. The van der Waals surface area contributed by atoms with Crippen molar-refractivity contribution in [2.24, 2.45) is 0 Å². The zero-order valence-electron chi connectivity index (χ0n) is 15.7. The summed E-state index contributed by atoms with van der Waals surface area (Å²) in [6.07, 6.45) is 0. The molecule has 1 N–H and O–H groups in total. The van der Waals surface area contributed by atoms with Gasteiger partial charge < -0.3 is 0 Å². The summed E-state index contributed by atoms with van der Waals surface area (Å²) in [4.78, 5) is 19.4. The van der Waals surface area contributed by atoms with E-state index in [1.54, 1.807) is 0 Å². The average molecular weight is 459 g/mol. The van der Waals surface area contributed by atoms with Crippen molar-refractivity contribution in [1.29, 1.82) is 0 Å². The Morgan fingerprint density at radius 1 is 0.833 bits per heavy atom. The van der Waals surface area contributed by atoms with Gasteiger partial charge in [-0.15, -0.1) is 0 Å². The summed E-state index contributed by atoms with van der Waals surface area (Å²) in [6.45, 7) is 2.17. The van der Waals surface area contributed by atoms with E-state index in [1.165, 1.54) is 13.8 Å². The van der Waals surface area contributed by atoms with Crippen LogP contribution < -0.4 is 4.72 Å². The van der Waals surface area contributed by atoms with Gasteiger partial charge in [0.05, 0.1) is 31.8 Å². The normalized spacial score (nSPS) is 12.5. The molecule has 0 aliphatic carbocycles. The van der Waals surface area contributed by atoms with Crippen LogP contribution in [0.4, 0.5) is 11.4 Å². The number of nitrogens with zero attached hydrogens (tertiary/aromatic N) is 2. The van der Waals surface area contributed by atoms with Gasteiger partial charge in [0.15, 0.2) is 0 Å². The highest BCUT2D eigenvalue weighted by Gasteiger charge is 2.29. The van der Waals surface area contributed by atoms with Crippen molar-refractivity contribution in [1.82, 2.24) is 4.72 Å². The minimum Gasteiger partial charge on any atom is -0.264 e. The van der Waals surface area contributed by atoms with E-state index < -0.39 is 42.1 Å². The Morgan fingerprint density at radius 3 is 1.63 bits per heavy atom. The van der Waals surface area contributed by atoms with Gasteiger partial charge in [0.1, 0.15) is 0 Å². The third-order valence-electron chi connectivity index (χ3n) is 3.68. The maximum absolute atomic E-state index is 12.5. The molecule has 0 heterocycles. The fourth-order valence-electron chi connectivity index (χ4n) is 2.23. The SMILES string of the molecule is CC(C)(COS(=O)(=O)c1ccc([N+](=O)[O-])cc1)NS(=O)(=O)c1ccc([N+](=O)[O-])cc1. The lowest BCUT2D eigenvalue weighted by Gasteiger charge is -2.25. The molecule has 2 aromatic carbocycles. The number of rotatable bonds is 9. The summed E-state index contributed by atoms with van der Waals surface area (Å²) >= 11 is 0. The van der Waals surface area contributed by atoms with Crippen LogP contribution in [0.25, 0.3) is 0 Å². The fourth-order valence-corrected chi connectivity index (χ4v) is 4.68. The largest absolute Gasteiger partial charge is 0.297 e. The number of benzene rings is 2. The molecule has 162 valence electrons. The Morgan fingerprint density at radius 2 is 1.23 bits per heavy atom. The highest BCUT2D eigenvalue weighted by molar-refractivity contribution is 7.89. The quantitative estimate of drug-likeness (QED) is 0.333. The van der Waals surface area contributed by atoms with Gasteiger partial charge in [-0.3, -0.25) is 24.4 Å². The molecule has 0 spiro atoms. The van der Waals surface area contributed by atoms with E-state index in [1.807, 2.05) is 0 Å². The van der Waals surface area contributed by atoms with E-state index in [2.05, 4.69) is 4.72 Å². The Hall–Kier alpha value is -2.94. The molecule has 0 amide bonds. The van der Waals surface area contributed by atoms with Crippen LogP contribution in [0, 0.1) is 20.2 Å². The lowest BCUT2D eigenvalue weighted by Crippen LogP contribution is -2.47. The van der Waals surface area contributed by atoms with Crippen LogP contribution in [0.5, 0.6) is 0 Å². The summed E-state index contributed by atoms with van der Waals surface area (Å²) in [5.74, 6) is 0. The summed E-state index contributed by atoms with van der Waals surface area (Å²) in [5.41, 5.74) is -1.97. The van der Waals surface area contributed by atoms with Gasteiger partial charge in [-0.1, -0.05) is 0 Å². The Bertz CT molecular complexity index is 1160. The van der Waals surface area contributed by atoms with E-state index in [4.69, 9.17) is 4.18 Å². The van der Waals surface area contributed by atoms with Gasteiger partial charge in [0.2, 0.25) is 10.0 Å². The third-order valence-corrected chi connectivity index (χ3v) is 6.67. The average Bonchev–Trinajstić information content (AvgIpc) is 2.66. The second-order valence-electron chi connectivity index (χ2n) is 6.71. The Balaban J connectivity index is 2.11. The number of nitro benzene ring substituents is 2. The minimum absolute atomic E-state index is 0.251. The van der Waals surface area contributed by atoms with Crippen LogP contribution in [-0.4, -0.2) is 38.8 Å². The lowest BCUT2D eigenvalue weighted by atomic mass is 10.1. The van der Waals surface area contributed by atoms with Crippen LogP contribution >= 0.6 is 0 Å². The number of non-ortho nitro benzene ring substituents is 2. The minimum atomic E-state index is -4.30. The van der Waals surface area contributed by atoms with E-state index in [0.29, 0.717) is 0 Å². The first-order chi connectivity index (χ1) is 13.7. The Kier molecular flexibility index (Phi) is 6.56. The standard InChI is InChI=1S/C16H17N3O9S2/c1-16(2,17-29(24,25)14-7-3-12(4-8-14)18(20)21)11-28-30(26,27)15-9-5-13(6-10-15)19(22)23/h3-10,17H,11H2,1-2H3. The molecule has 12 nitrogen and oxygen atoms in total. The first kappa shape index (κ1) is 23.3. The summed E-state index contributed by atoms with van der Waals surface area (Å²) in [7, 11) is -8.43. The van der Waals surface area contributed by atoms with E-state index >= 15 is 0 Å². The topological polar surface area (TPSA) is 176 Å². The number of hydrogen-bond acceptors (Lipinski definition) is 9. The maximum atomic E-state index is 12.5. The number of sulfonamides is 1. The molecule has 0 bridgehead atoms. The molecule has 0 fully saturated rings. The predicted octanol–water partition coefficient (Wildman–Crippen LogP) is 1.97. The van der Waals surface area contributed by atoms with Gasteiger partial charge in [-0.2, -0.15) is 8.42 Å². The molecule has 0 aliphatic heterocycles. The van der Waals surface area contributed by atoms with Crippen LogP contribution in [0.3, 0.4) is 0 Å². The van der Waals surface area contributed by atoms with Crippen LogP contribution in [0.1, 0.15) is 13.8 Å². The van der Waals surface area contributed by atoms with E-state index in [0.717, 1.165) is 48.5 Å². The van der Waals surface area contributed by atoms with Gasteiger partial charge in [0, 0.05) is 24.3 Å². The number of nitro groups is 2. The van der Waals surface area contributed by atoms with Crippen LogP contribution in [0.15, 0.2) is 58.3 Å².